The van der Waals surface area contributed by atoms with Crippen LogP contribution in [0.4, 0.5) is 4.39 Å². The molecule has 2 rings (SSSR count). The van der Waals surface area contributed by atoms with E-state index in [1.54, 1.807) is 18.2 Å². The summed E-state index contributed by atoms with van der Waals surface area (Å²) < 4.78 is 19.0. The summed E-state index contributed by atoms with van der Waals surface area (Å²) in [5.74, 6) is -0.487. The first-order valence-electron chi connectivity index (χ1n) is 6.38. The van der Waals surface area contributed by atoms with Crippen LogP contribution >= 0.6 is 0 Å². The average molecular weight is 277 g/mol. The van der Waals surface area contributed by atoms with Gasteiger partial charge in [0.2, 0.25) is 0 Å². The highest BCUT2D eigenvalue weighted by Gasteiger charge is 2.13. The number of H-pyrrole nitrogens is 1. The van der Waals surface area contributed by atoms with Crippen LogP contribution < -0.4 is 10.1 Å². The highest BCUT2D eigenvalue weighted by Crippen LogP contribution is 2.17. The minimum absolute atomic E-state index is 0.190. The molecule has 0 fully saturated rings. The molecule has 0 aliphatic heterocycles. The SMILES string of the molecule is CC[C@H](CNC(=O)c1cnc[nH]1)Oc1ccccc1F. The zero-order chi connectivity index (χ0) is 14.4. The van der Waals surface area contributed by atoms with Gasteiger partial charge in [-0.3, -0.25) is 4.79 Å². The normalized spacial score (nSPS) is 11.9. The summed E-state index contributed by atoms with van der Waals surface area (Å²) in [7, 11) is 0. The number of nitrogens with one attached hydrogen (secondary N) is 2. The van der Waals surface area contributed by atoms with E-state index in [0.717, 1.165) is 0 Å². The van der Waals surface area contributed by atoms with Gasteiger partial charge in [0, 0.05) is 0 Å². The molecule has 0 aliphatic carbocycles. The number of hydrogen-bond donors (Lipinski definition) is 2. The number of aromatic amines is 1. The standard InChI is InChI=1S/C14H16FN3O2/c1-2-10(20-13-6-4-3-5-11(13)15)7-17-14(19)12-8-16-9-18-12/h3-6,8-10H,2,7H2,1H3,(H,16,18)(H,17,19)/t10-/m1/s1. The van der Waals surface area contributed by atoms with Crippen molar-refractivity contribution in [2.75, 3.05) is 6.54 Å². The van der Waals surface area contributed by atoms with Gasteiger partial charge in [-0.25, -0.2) is 9.37 Å². The second-order valence-corrected chi connectivity index (χ2v) is 4.25. The van der Waals surface area contributed by atoms with E-state index < -0.39 is 5.82 Å². The molecule has 0 bridgehead atoms. The van der Waals surface area contributed by atoms with Crippen molar-refractivity contribution in [2.24, 2.45) is 0 Å². The maximum absolute atomic E-state index is 13.5. The van der Waals surface area contributed by atoms with Crippen LogP contribution in [0.15, 0.2) is 36.8 Å². The largest absolute Gasteiger partial charge is 0.486 e. The topological polar surface area (TPSA) is 67.0 Å². The maximum atomic E-state index is 13.5. The van der Waals surface area contributed by atoms with Crippen molar-refractivity contribution in [1.29, 1.82) is 0 Å². The number of para-hydroxylation sites is 1. The Labute approximate surface area is 116 Å². The van der Waals surface area contributed by atoms with Gasteiger partial charge >= 0.3 is 0 Å². The average Bonchev–Trinajstić information content (AvgIpc) is 2.99. The zero-order valence-corrected chi connectivity index (χ0v) is 11.1. The van der Waals surface area contributed by atoms with Crippen LogP contribution in [0, 0.1) is 5.82 Å². The molecule has 1 aromatic carbocycles. The fourth-order valence-corrected chi connectivity index (χ4v) is 1.67. The molecule has 0 saturated carbocycles. The van der Waals surface area contributed by atoms with Gasteiger partial charge in [-0.15, -0.1) is 0 Å². The summed E-state index contributed by atoms with van der Waals surface area (Å²) in [6.45, 7) is 2.20. The molecule has 106 valence electrons. The molecule has 2 N–H and O–H groups in total. The Morgan fingerprint density at radius 1 is 1.50 bits per heavy atom. The van der Waals surface area contributed by atoms with Gasteiger partial charge in [0.15, 0.2) is 11.6 Å². The summed E-state index contributed by atoms with van der Waals surface area (Å²) in [6, 6.07) is 6.21. The Hall–Kier alpha value is -2.37. The highest BCUT2D eigenvalue weighted by atomic mass is 19.1. The van der Waals surface area contributed by atoms with E-state index in [0.29, 0.717) is 18.7 Å². The number of halogens is 1. The van der Waals surface area contributed by atoms with Crippen molar-refractivity contribution in [2.45, 2.75) is 19.4 Å². The number of carbonyl (C=O) groups excluding carboxylic acids is 1. The number of nitrogens with zero attached hydrogens (tertiary/aromatic N) is 1. The summed E-state index contributed by atoms with van der Waals surface area (Å²) in [5.41, 5.74) is 0.380. The summed E-state index contributed by atoms with van der Waals surface area (Å²) in [6.07, 6.45) is 3.23. The van der Waals surface area contributed by atoms with E-state index >= 15 is 0 Å². The minimum Gasteiger partial charge on any atom is -0.486 e. The lowest BCUT2D eigenvalue weighted by Crippen LogP contribution is -2.35. The predicted molar refractivity (Wildman–Crippen MR) is 72.0 cm³/mol. The third-order valence-corrected chi connectivity index (χ3v) is 2.82. The molecule has 1 heterocycles. The van der Waals surface area contributed by atoms with Crippen LogP contribution in [0.5, 0.6) is 5.75 Å². The molecule has 1 aromatic heterocycles. The third-order valence-electron chi connectivity index (χ3n) is 2.82. The first kappa shape index (κ1) is 14.0. The van der Waals surface area contributed by atoms with Gasteiger partial charge in [0.05, 0.1) is 19.1 Å². The van der Waals surface area contributed by atoms with Crippen molar-refractivity contribution in [3.05, 3.63) is 48.3 Å². The number of ether oxygens (including phenoxy) is 1. The lowest BCUT2D eigenvalue weighted by Gasteiger charge is -2.18. The van der Waals surface area contributed by atoms with Gasteiger partial charge in [0.25, 0.3) is 5.91 Å². The number of aromatic nitrogens is 2. The number of carbonyl (C=O) groups is 1. The molecular formula is C14H16FN3O2. The van der Waals surface area contributed by atoms with Crippen LogP contribution in [0.2, 0.25) is 0 Å². The molecule has 0 radical (unpaired) electrons. The lowest BCUT2D eigenvalue weighted by atomic mass is 10.2. The van der Waals surface area contributed by atoms with Gasteiger partial charge < -0.3 is 15.0 Å². The van der Waals surface area contributed by atoms with E-state index in [2.05, 4.69) is 15.3 Å². The number of imidazole rings is 1. The fraction of sp³-hybridized carbons (Fsp3) is 0.286. The molecular weight excluding hydrogens is 261 g/mol. The second-order valence-electron chi connectivity index (χ2n) is 4.25. The van der Waals surface area contributed by atoms with Gasteiger partial charge in [-0.05, 0) is 18.6 Å². The van der Waals surface area contributed by atoms with Crippen molar-refractivity contribution in [3.63, 3.8) is 0 Å². The van der Waals surface area contributed by atoms with E-state index in [1.807, 2.05) is 6.92 Å². The number of benzene rings is 1. The molecule has 0 spiro atoms. The quantitative estimate of drug-likeness (QED) is 0.850. The molecule has 0 saturated heterocycles. The molecule has 2 aromatic rings. The van der Waals surface area contributed by atoms with Crippen molar-refractivity contribution in [3.8, 4) is 5.75 Å². The monoisotopic (exact) mass is 277 g/mol. The molecule has 1 amide bonds. The number of amides is 1. The second kappa shape index (κ2) is 6.70. The van der Waals surface area contributed by atoms with Crippen LogP contribution in [-0.4, -0.2) is 28.5 Å². The molecule has 6 heteroatoms. The summed E-state index contributed by atoms with van der Waals surface area (Å²) in [4.78, 5) is 18.2. The van der Waals surface area contributed by atoms with Crippen LogP contribution in [0.1, 0.15) is 23.8 Å². The first-order valence-corrected chi connectivity index (χ1v) is 6.38. The maximum Gasteiger partial charge on any atom is 0.269 e. The van der Waals surface area contributed by atoms with E-state index in [1.165, 1.54) is 18.6 Å². The molecule has 5 nitrogen and oxygen atoms in total. The first-order chi connectivity index (χ1) is 9.70. The number of hydrogen-bond acceptors (Lipinski definition) is 3. The van der Waals surface area contributed by atoms with E-state index in [-0.39, 0.29) is 17.8 Å². The zero-order valence-electron chi connectivity index (χ0n) is 11.1. The Balaban J connectivity index is 1.90. The lowest BCUT2D eigenvalue weighted by molar-refractivity contribution is 0.0920. The van der Waals surface area contributed by atoms with Gasteiger partial charge in [-0.1, -0.05) is 19.1 Å². The van der Waals surface area contributed by atoms with Crippen molar-refractivity contribution < 1.29 is 13.9 Å². The van der Waals surface area contributed by atoms with Crippen LogP contribution in [-0.2, 0) is 0 Å². The summed E-state index contributed by atoms with van der Waals surface area (Å²) in [5, 5.41) is 2.72. The minimum atomic E-state index is -0.411. The molecule has 1 atom stereocenters. The van der Waals surface area contributed by atoms with Crippen LogP contribution in [0.3, 0.4) is 0 Å². The fourth-order valence-electron chi connectivity index (χ4n) is 1.67. The third kappa shape index (κ3) is 3.57. The van der Waals surface area contributed by atoms with Crippen LogP contribution in [0.25, 0.3) is 0 Å². The van der Waals surface area contributed by atoms with Crippen molar-refractivity contribution in [1.82, 2.24) is 15.3 Å². The molecule has 0 aliphatic rings. The molecule has 0 unspecified atom stereocenters. The highest BCUT2D eigenvalue weighted by molar-refractivity contribution is 5.91. The van der Waals surface area contributed by atoms with E-state index in [9.17, 15) is 9.18 Å². The smallest absolute Gasteiger partial charge is 0.269 e. The Bertz CT molecular complexity index is 557. The Morgan fingerprint density at radius 2 is 2.30 bits per heavy atom. The van der Waals surface area contributed by atoms with E-state index in [4.69, 9.17) is 4.74 Å². The number of rotatable bonds is 6. The summed E-state index contributed by atoms with van der Waals surface area (Å²) >= 11 is 0. The Morgan fingerprint density at radius 3 is 2.95 bits per heavy atom. The van der Waals surface area contributed by atoms with Gasteiger partial charge in [-0.2, -0.15) is 0 Å². The van der Waals surface area contributed by atoms with Gasteiger partial charge in [0.1, 0.15) is 11.8 Å². The Kier molecular flexibility index (Phi) is 4.70. The van der Waals surface area contributed by atoms with Crippen molar-refractivity contribution >= 4 is 5.91 Å². The predicted octanol–water partition coefficient (Wildman–Crippen LogP) is 2.14. The molecule has 20 heavy (non-hydrogen) atoms.